The summed E-state index contributed by atoms with van der Waals surface area (Å²) in [6.45, 7) is 1.61. The van der Waals surface area contributed by atoms with E-state index in [0.717, 1.165) is 0 Å². The zero-order chi connectivity index (χ0) is 19.2. The fraction of sp³-hybridized carbons (Fsp3) is 0.0909. The zero-order valence-corrected chi connectivity index (χ0v) is 14.7. The zero-order valence-electron chi connectivity index (χ0n) is 14.7. The Bertz CT molecular complexity index is 922. The van der Waals surface area contributed by atoms with E-state index in [1.54, 1.807) is 43.3 Å². The first-order valence-electron chi connectivity index (χ1n) is 8.46. The van der Waals surface area contributed by atoms with E-state index >= 15 is 0 Å². The van der Waals surface area contributed by atoms with E-state index in [1.165, 1.54) is 24.3 Å². The Morgan fingerprint density at radius 3 is 2.07 bits per heavy atom. The van der Waals surface area contributed by atoms with E-state index < -0.39 is 6.10 Å². The summed E-state index contributed by atoms with van der Waals surface area (Å²) in [5.41, 5.74) is 1.64. The molecule has 0 aliphatic rings. The Balaban J connectivity index is 1.61. The lowest BCUT2D eigenvalue weighted by atomic mass is 10.0. The fourth-order valence-electron chi connectivity index (χ4n) is 2.48. The lowest BCUT2D eigenvalue weighted by Gasteiger charge is -2.15. The Hall–Kier alpha value is -3.47. The van der Waals surface area contributed by atoms with Gasteiger partial charge in [0, 0.05) is 16.8 Å². The van der Waals surface area contributed by atoms with Gasteiger partial charge in [-0.15, -0.1) is 0 Å². The summed E-state index contributed by atoms with van der Waals surface area (Å²) < 4.78 is 18.5. The molecule has 0 fully saturated rings. The van der Waals surface area contributed by atoms with Crippen LogP contribution in [0.5, 0.6) is 5.75 Å². The third-order valence-electron chi connectivity index (χ3n) is 3.95. The topological polar surface area (TPSA) is 55.4 Å². The normalized spacial score (nSPS) is 11.5. The lowest BCUT2D eigenvalue weighted by molar-refractivity contribution is -0.122. The Morgan fingerprint density at radius 2 is 1.44 bits per heavy atom. The lowest BCUT2D eigenvalue weighted by Crippen LogP contribution is -2.30. The largest absolute Gasteiger partial charge is 0.481 e. The molecule has 1 N–H and O–H groups in total. The van der Waals surface area contributed by atoms with Gasteiger partial charge in [-0.1, -0.05) is 30.3 Å². The number of hydrogen-bond acceptors (Lipinski definition) is 3. The molecule has 0 bridgehead atoms. The molecule has 0 spiro atoms. The van der Waals surface area contributed by atoms with Gasteiger partial charge in [-0.3, -0.25) is 9.59 Å². The molecular weight excluding hydrogens is 345 g/mol. The smallest absolute Gasteiger partial charge is 0.265 e. The standard InChI is InChI=1S/C22H18FNO3/c1-15(22(26)24-19-11-9-18(23)10-12-19)27-20-13-7-17(8-14-20)21(25)16-5-3-2-4-6-16/h2-15H,1H3,(H,24,26)/t15-/m1/s1. The van der Waals surface area contributed by atoms with Crippen molar-refractivity contribution in [1.29, 1.82) is 0 Å². The highest BCUT2D eigenvalue weighted by Gasteiger charge is 2.15. The third-order valence-corrected chi connectivity index (χ3v) is 3.95. The van der Waals surface area contributed by atoms with Crippen LogP contribution in [0, 0.1) is 5.82 Å². The first-order valence-corrected chi connectivity index (χ1v) is 8.46. The molecule has 4 nitrogen and oxygen atoms in total. The van der Waals surface area contributed by atoms with Crippen molar-refractivity contribution >= 4 is 17.4 Å². The predicted molar refractivity (Wildman–Crippen MR) is 101 cm³/mol. The number of benzene rings is 3. The van der Waals surface area contributed by atoms with Gasteiger partial charge in [-0.2, -0.15) is 0 Å². The molecule has 3 aromatic carbocycles. The van der Waals surface area contributed by atoms with Gasteiger partial charge >= 0.3 is 0 Å². The minimum Gasteiger partial charge on any atom is -0.481 e. The number of hydrogen-bond donors (Lipinski definition) is 1. The molecule has 0 radical (unpaired) electrons. The SMILES string of the molecule is C[C@@H](Oc1ccc(C(=O)c2ccccc2)cc1)C(=O)Nc1ccc(F)cc1. The number of amides is 1. The van der Waals surface area contributed by atoms with E-state index in [4.69, 9.17) is 4.74 Å². The molecule has 0 aliphatic heterocycles. The second-order valence-corrected chi connectivity index (χ2v) is 5.98. The molecule has 136 valence electrons. The van der Waals surface area contributed by atoms with Crippen LogP contribution in [0.25, 0.3) is 0 Å². The molecule has 1 amide bonds. The van der Waals surface area contributed by atoms with Gasteiger partial charge < -0.3 is 10.1 Å². The molecule has 3 rings (SSSR count). The van der Waals surface area contributed by atoms with E-state index in [-0.39, 0.29) is 17.5 Å². The van der Waals surface area contributed by atoms with Crippen LogP contribution in [0.2, 0.25) is 0 Å². The molecule has 3 aromatic rings. The Labute approximate surface area is 156 Å². The van der Waals surface area contributed by atoms with Gasteiger partial charge in [0.05, 0.1) is 0 Å². The summed E-state index contributed by atoms with van der Waals surface area (Å²) in [7, 11) is 0. The number of anilines is 1. The summed E-state index contributed by atoms with van der Waals surface area (Å²) >= 11 is 0. The van der Waals surface area contributed by atoms with Crippen molar-refractivity contribution in [2.75, 3.05) is 5.32 Å². The summed E-state index contributed by atoms with van der Waals surface area (Å²) in [6.07, 6.45) is -0.759. The van der Waals surface area contributed by atoms with Crippen molar-refractivity contribution in [2.24, 2.45) is 0 Å². The maximum atomic E-state index is 12.9. The minimum absolute atomic E-state index is 0.0794. The molecular formula is C22H18FNO3. The van der Waals surface area contributed by atoms with Crippen LogP contribution in [0.15, 0.2) is 78.9 Å². The van der Waals surface area contributed by atoms with Crippen molar-refractivity contribution in [3.05, 3.63) is 95.8 Å². The van der Waals surface area contributed by atoms with Gasteiger partial charge in [0.1, 0.15) is 11.6 Å². The highest BCUT2D eigenvalue weighted by molar-refractivity contribution is 6.09. The first-order chi connectivity index (χ1) is 13.0. The summed E-state index contributed by atoms with van der Waals surface area (Å²) in [5.74, 6) is -0.334. The molecule has 0 saturated heterocycles. The molecule has 0 aromatic heterocycles. The van der Waals surface area contributed by atoms with Crippen LogP contribution in [0.4, 0.5) is 10.1 Å². The number of carbonyl (C=O) groups is 2. The predicted octanol–water partition coefficient (Wildman–Crippen LogP) is 4.46. The van der Waals surface area contributed by atoms with Gasteiger partial charge in [0.2, 0.25) is 0 Å². The van der Waals surface area contributed by atoms with Crippen LogP contribution >= 0.6 is 0 Å². The van der Waals surface area contributed by atoms with E-state index in [2.05, 4.69) is 5.32 Å². The summed E-state index contributed by atoms with van der Waals surface area (Å²) in [4.78, 5) is 24.6. The van der Waals surface area contributed by atoms with Crippen LogP contribution in [0.3, 0.4) is 0 Å². The Morgan fingerprint density at radius 1 is 0.852 bits per heavy atom. The first kappa shape index (κ1) is 18.3. The molecule has 0 saturated carbocycles. The highest BCUT2D eigenvalue weighted by Crippen LogP contribution is 2.17. The number of halogens is 1. The summed E-state index contributed by atoms with van der Waals surface area (Å²) in [5, 5.41) is 2.66. The fourth-order valence-corrected chi connectivity index (χ4v) is 2.48. The third kappa shape index (κ3) is 4.79. The molecule has 27 heavy (non-hydrogen) atoms. The van der Waals surface area contributed by atoms with Crippen molar-refractivity contribution < 1.29 is 18.7 Å². The number of ether oxygens (including phenoxy) is 1. The number of ketones is 1. The summed E-state index contributed by atoms with van der Waals surface area (Å²) in [6, 6.07) is 21.1. The van der Waals surface area contributed by atoms with Crippen LogP contribution < -0.4 is 10.1 Å². The van der Waals surface area contributed by atoms with Crippen molar-refractivity contribution in [3.63, 3.8) is 0 Å². The van der Waals surface area contributed by atoms with Gasteiger partial charge in [0.25, 0.3) is 5.91 Å². The second-order valence-electron chi connectivity index (χ2n) is 5.98. The van der Waals surface area contributed by atoms with E-state index in [1.807, 2.05) is 18.2 Å². The number of carbonyl (C=O) groups excluding carboxylic acids is 2. The molecule has 0 heterocycles. The maximum absolute atomic E-state index is 12.9. The molecule has 0 unspecified atom stereocenters. The van der Waals surface area contributed by atoms with Crippen molar-refractivity contribution in [2.45, 2.75) is 13.0 Å². The van der Waals surface area contributed by atoms with Gasteiger partial charge in [-0.05, 0) is 55.5 Å². The van der Waals surface area contributed by atoms with Gasteiger partial charge in [-0.25, -0.2) is 4.39 Å². The minimum atomic E-state index is -0.759. The Kier molecular flexibility index (Phi) is 5.61. The highest BCUT2D eigenvalue weighted by atomic mass is 19.1. The molecule has 0 aliphatic carbocycles. The van der Waals surface area contributed by atoms with Gasteiger partial charge in [0.15, 0.2) is 11.9 Å². The molecule has 5 heteroatoms. The van der Waals surface area contributed by atoms with Crippen molar-refractivity contribution in [3.8, 4) is 5.75 Å². The quantitative estimate of drug-likeness (QED) is 0.658. The average Bonchev–Trinajstić information content (AvgIpc) is 2.70. The monoisotopic (exact) mass is 363 g/mol. The maximum Gasteiger partial charge on any atom is 0.265 e. The van der Waals surface area contributed by atoms with E-state index in [0.29, 0.717) is 22.6 Å². The average molecular weight is 363 g/mol. The molecule has 1 atom stereocenters. The van der Waals surface area contributed by atoms with Crippen LogP contribution in [0.1, 0.15) is 22.8 Å². The van der Waals surface area contributed by atoms with Crippen LogP contribution in [-0.4, -0.2) is 17.8 Å². The van der Waals surface area contributed by atoms with Crippen LogP contribution in [-0.2, 0) is 4.79 Å². The number of rotatable bonds is 6. The second kappa shape index (κ2) is 8.27. The van der Waals surface area contributed by atoms with Crippen molar-refractivity contribution in [1.82, 2.24) is 0 Å². The van der Waals surface area contributed by atoms with E-state index in [9.17, 15) is 14.0 Å². The number of nitrogens with one attached hydrogen (secondary N) is 1.